The second kappa shape index (κ2) is 3.61. The van der Waals surface area contributed by atoms with Gasteiger partial charge in [-0.25, -0.2) is 0 Å². The highest BCUT2D eigenvalue weighted by Crippen LogP contribution is 2.48. The summed E-state index contributed by atoms with van der Waals surface area (Å²) in [5.74, 6) is 0. The second-order valence-corrected chi connectivity index (χ2v) is 4.13. The molecule has 1 fully saturated rings. The summed E-state index contributed by atoms with van der Waals surface area (Å²) in [5.41, 5.74) is 9.55. The Kier molecular flexibility index (Phi) is 2.43. The van der Waals surface area contributed by atoms with Crippen LogP contribution in [-0.4, -0.2) is 16.8 Å². The number of hydrogen-bond acceptors (Lipinski definition) is 1. The quantitative estimate of drug-likeness (QED) is 0.334. The Labute approximate surface area is 92.3 Å². The lowest BCUT2D eigenvalue weighted by Crippen LogP contribution is -2.22. The molecule has 0 N–H and O–H groups in total. The average molecular weight is 221 g/mol. The van der Waals surface area contributed by atoms with Crippen molar-refractivity contribution in [1.82, 2.24) is 0 Å². The number of rotatable bonds is 3. The third-order valence-corrected chi connectivity index (χ3v) is 3.11. The van der Waals surface area contributed by atoms with Gasteiger partial charge in [0.1, 0.15) is 5.41 Å². The first-order valence-electron chi connectivity index (χ1n) is 4.67. The molecule has 0 bridgehead atoms. The van der Waals surface area contributed by atoms with Crippen LogP contribution < -0.4 is 0 Å². The molecular formula is C11H9ClN2O. The zero-order chi connectivity index (χ0) is 10.9. The number of hydrogen-bond donors (Lipinski definition) is 0. The van der Waals surface area contributed by atoms with Crippen molar-refractivity contribution >= 4 is 23.6 Å². The molecule has 15 heavy (non-hydrogen) atoms. The van der Waals surface area contributed by atoms with E-state index in [1.165, 1.54) is 0 Å². The van der Waals surface area contributed by atoms with E-state index in [9.17, 15) is 4.79 Å². The number of halogens is 1. The average Bonchev–Trinajstić information content (AvgIpc) is 3.02. The van der Waals surface area contributed by atoms with Crippen LogP contribution >= 0.6 is 11.6 Å². The van der Waals surface area contributed by atoms with Gasteiger partial charge in [-0.1, -0.05) is 23.7 Å². The third kappa shape index (κ3) is 1.60. The Morgan fingerprint density at radius 2 is 2.00 bits per heavy atom. The first-order valence-corrected chi connectivity index (χ1v) is 5.04. The fourth-order valence-corrected chi connectivity index (χ4v) is 1.94. The van der Waals surface area contributed by atoms with E-state index in [0.29, 0.717) is 11.3 Å². The van der Waals surface area contributed by atoms with Crippen LogP contribution in [0.3, 0.4) is 0 Å². The standard InChI is InChI=1S/C11H9ClN2O/c12-9-3-1-8(2-4-9)11(5-6-11)10(7-15)14-13/h1-4,7H,5-6H2. The molecule has 1 saturated carbocycles. The maximum absolute atomic E-state index is 10.7. The van der Waals surface area contributed by atoms with Gasteiger partial charge in [-0.05, 0) is 30.5 Å². The lowest BCUT2D eigenvalue weighted by molar-refractivity contribution is -0.107. The summed E-state index contributed by atoms with van der Waals surface area (Å²) in [6.45, 7) is 0. The third-order valence-electron chi connectivity index (χ3n) is 2.86. The largest absolute Gasteiger partial charge is 0.361 e. The van der Waals surface area contributed by atoms with Gasteiger partial charge < -0.3 is 5.53 Å². The fourth-order valence-electron chi connectivity index (χ4n) is 1.82. The van der Waals surface area contributed by atoms with Gasteiger partial charge in [0.15, 0.2) is 0 Å². The molecular weight excluding hydrogens is 212 g/mol. The highest BCUT2D eigenvalue weighted by molar-refractivity contribution is 6.31. The molecule has 2 rings (SSSR count). The molecule has 3 nitrogen and oxygen atoms in total. The molecule has 1 aliphatic rings. The summed E-state index contributed by atoms with van der Waals surface area (Å²) in [6.07, 6.45) is 2.29. The minimum atomic E-state index is -0.374. The molecule has 4 heteroatoms. The van der Waals surface area contributed by atoms with E-state index in [4.69, 9.17) is 17.1 Å². The number of carbonyl (C=O) groups is 1. The van der Waals surface area contributed by atoms with Gasteiger partial charge in [0.25, 0.3) is 0 Å². The van der Waals surface area contributed by atoms with Crippen LogP contribution in [-0.2, 0) is 10.2 Å². The maximum atomic E-state index is 10.7. The molecule has 76 valence electrons. The fraction of sp³-hybridized carbons (Fsp3) is 0.273. The van der Waals surface area contributed by atoms with Crippen molar-refractivity contribution in [2.75, 3.05) is 0 Å². The minimum Gasteiger partial charge on any atom is -0.361 e. The van der Waals surface area contributed by atoms with E-state index in [-0.39, 0.29) is 11.1 Å². The Balaban J connectivity index is 2.42. The molecule has 0 heterocycles. The Morgan fingerprint density at radius 3 is 2.40 bits per heavy atom. The molecule has 0 saturated heterocycles. The van der Waals surface area contributed by atoms with Crippen LogP contribution in [0.4, 0.5) is 0 Å². The molecule has 1 aromatic rings. The first-order chi connectivity index (χ1) is 7.23. The van der Waals surface area contributed by atoms with Gasteiger partial charge >= 0.3 is 5.71 Å². The molecule has 0 aromatic heterocycles. The van der Waals surface area contributed by atoms with E-state index >= 15 is 0 Å². The van der Waals surface area contributed by atoms with Crippen LogP contribution in [0.5, 0.6) is 0 Å². The van der Waals surface area contributed by atoms with Crippen LogP contribution in [0.1, 0.15) is 18.4 Å². The van der Waals surface area contributed by atoms with Gasteiger partial charge in [-0.2, -0.15) is 4.79 Å². The lowest BCUT2D eigenvalue weighted by atomic mass is 9.91. The summed E-state index contributed by atoms with van der Waals surface area (Å²) in [4.78, 5) is 13.8. The molecule has 0 radical (unpaired) electrons. The van der Waals surface area contributed by atoms with Crippen molar-refractivity contribution in [3.8, 4) is 0 Å². The summed E-state index contributed by atoms with van der Waals surface area (Å²) in [6, 6.07) is 7.28. The predicted octanol–water partition coefficient (Wildman–Crippen LogP) is 2.24. The number of benzene rings is 1. The van der Waals surface area contributed by atoms with Gasteiger partial charge in [-0.3, -0.25) is 4.79 Å². The van der Waals surface area contributed by atoms with E-state index in [1.54, 1.807) is 12.1 Å². The number of aldehydes is 1. The number of nitrogens with zero attached hydrogens (tertiary/aromatic N) is 2. The molecule has 0 spiro atoms. The molecule has 1 aromatic carbocycles. The van der Waals surface area contributed by atoms with Crippen LogP contribution in [0.2, 0.25) is 5.02 Å². The second-order valence-electron chi connectivity index (χ2n) is 3.69. The van der Waals surface area contributed by atoms with Crippen molar-refractivity contribution in [1.29, 1.82) is 0 Å². The normalized spacial score (nSPS) is 16.6. The van der Waals surface area contributed by atoms with E-state index < -0.39 is 0 Å². The van der Waals surface area contributed by atoms with Gasteiger partial charge in [0, 0.05) is 5.02 Å². The molecule has 0 amide bonds. The molecule has 1 aliphatic carbocycles. The van der Waals surface area contributed by atoms with Crippen molar-refractivity contribution in [2.45, 2.75) is 18.3 Å². The Bertz CT molecular complexity index is 442. The van der Waals surface area contributed by atoms with Crippen molar-refractivity contribution in [3.63, 3.8) is 0 Å². The minimum absolute atomic E-state index is 0.199. The molecule has 0 aliphatic heterocycles. The lowest BCUT2D eigenvalue weighted by Gasteiger charge is -2.07. The Hall–Kier alpha value is -1.44. The highest BCUT2D eigenvalue weighted by atomic mass is 35.5. The summed E-state index contributed by atoms with van der Waals surface area (Å²) in [5, 5.41) is 0.656. The maximum Gasteiger partial charge on any atom is 0.341 e. The van der Waals surface area contributed by atoms with Gasteiger partial charge in [0.05, 0.1) is 0 Å². The zero-order valence-corrected chi connectivity index (χ0v) is 8.74. The topological polar surface area (TPSA) is 53.5 Å². The Morgan fingerprint density at radius 1 is 1.40 bits per heavy atom. The predicted molar refractivity (Wildman–Crippen MR) is 57.1 cm³/mol. The SMILES string of the molecule is [N-]=[N+]=C(C=O)C1(c2ccc(Cl)cc2)CC1. The molecule has 0 unspecified atom stereocenters. The van der Waals surface area contributed by atoms with E-state index in [2.05, 4.69) is 4.79 Å². The van der Waals surface area contributed by atoms with Crippen molar-refractivity contribution in [2.24, 2.45) is 0 Å². The monoisotopic (exact) mass is 220 g/mol. The van der Waals surface area contributed by atoms with Crippen LogP contribution in [0, 0.1) is 0 Å². The first kappa shape index (κ1) is 10.1. The smallest absolute Gasteiger partial charge is 0.341 e. The van der Waals surface area contributed by atoms with Gasteiger partial charge in [0.2, 0.25) is 6.29 Å². The van der Waals surface area contributed by atoms with Crippen LogP contribution in [0.25, 0.3) is 5.53 Å². The highest BCUT2D eigenvalue weighted by Gasteiger charge is 2.54. The van der Waals surface area contributed by atoms with Crippen molar-refractivity contribution in [3.05, 3.63) is 40.4 Å². The summed E-state index contributed by atoms with van der Waals surface area (Å²) < 4.78 is 0. The van der Waals surface area contributed by atoms with Crippen LogP contribution in [0.15, 0.2) is 24.3 Å². The van der Waals surface area contributed by atoms with Gasteiger partial charge in [-0.15, -0.1) is 0 Å². The zero-order valence-electron chi connectivity index (χ0n) is 7.98. The molecule has 0 atom stereocenters. The van der Waals surface area contributed by atoms with E-state index in [1.807, 2.05) is 12.1 Å². The number of carbonyl (C=O) groups excluding carboxylic acids is 1. The summed E-state index contributed by atoms with van der Waals surface area (Å²) >= 11 is 5.78. The van der Waals surface area contributed by atoms with Crippen molar-refractivity contribution < 1.29 is 9.58 Å². The van der Waals surface area contributed by atoms with E-state index in [0.717, 1.165) is 18.4 Å². The summed E-state index contributed by atoms with van der Waals surface area (Å²) in [7, 11) is 0.